The molecule has 0 bridgehead atoms. The molecule has 0 saturated heterocycles. The zero-order chi connectivity index (χ0) is 29.7. The molecule has 40 heavy (non-hydrogen) atoms. The van der Waals surface area contributed by atoms with Gasteiger partial charge in [0.05, 0.1) is 5.56 Å². The van der Waals surface area contributed by atoms with Crippen LogP contribution in [0.1, 0.15) is 70.9 Å². The van der Waals surface area contributed by atoms with Crippen LogP contribution in [-0.2, 0) is 24.3 Å². The van der Waals surface area contributed by atoms with Crippen molar-refractivity contribution in [3.05, 3.63) is 101 Å². The maximum atomic E-state index is 13.4. The van der Waals surface area contributed by atoms with Gasteiger partial charge in [0.25, 0.3) is 18.3 Å². The van der Waals surface area contributed by atoms with E-state index in [0.29, 0.717) is 43.0 Å². The van der Waals surface area contributed by atoms with E-state index in [2.05, 4.69) is 15.3 Å². The summed E-state index contributed by atoms with van der Waals surface area (Å²) >= 11 is 0. The largest absolute Gasteiger partial charge is 0.483 e. The number of rotatable bonds is 4. The molecular weight excluding hydrogens is 513 g/mol. The molecule has 0 radical (unpaired) electrons. The molecule has 2 N–H and O–H groups in total. The Morgan fingerprint density at radius 2 is 1.77 bits per heavy atom. The van der Waals surface area contributed by atoms with Crippen LogP contribution < -0.4 is 5.32 Å². The Morgan fingerprint density at radius 1 is 1.05 bits per heavy atom. The number of hydrogen-bond donors (Lipinski definition) is 2. The zero-order valence-electron chi connectivity index (χ0n) is 23.5. The van der Waals surface area contributed by atoms with Gasteiger partial charge in [-0.25, -0.2) is 9.37 Å². The van der Waals surface area contributed by atoms with Gasteiger partial charge in [-0.2, -0.15) is 0 Å². The molecule has 0 spiro atoms. The molecule has 1 aliphatic rings. The van der Waals surface area contributed by atoms with Crippen LogP contribution in [0, 0.1) is 12.7 Å². The summed E-state index contributed by atoms with van der Waals surface area (Å²) in [6, 6.07) is 11.9. The van der Waals surface area contributed by atoms with Crippen LogP contribution in [0.25, 0.3) is 5.65 Å². The number of imidazole rings is 1. The second-order valence-electron chi connectivity index (χ2n) is 8.30. The lowest BCUT2D eigenvalue weighted by atomic mass is 9.99. The lowest BCUT2D eigenvalue weighted by Gasteiger charge is -2.28. The average molecular weight is 550 g/mol. The summed E-state index contributed by atoms with van der Waals surface area (Å²) in [4.78, 5) is 44.4. The number of aromatic nitrogens is 3. The molecule has 9 nitrogen and oxygen atoms in total. The lowest BCUT2D eigenvalue weighted by molar-refractivity contribution is -0.122. The standard InChI is InChI=1S/C25H22FN5O2.2C2H6.CH2O2/c1-16-2-3-17(11-27-16)12-28-24(32)20-5-7-23-29-22(15-31(23)14-20)25(33)30-9-8-18-10-21(26)6-4-19(18)13-30;2*1-2;2-1-3/h2-7,10-11,14-15H,8-9,12-13H2,1H3,(H,28,32);2*1-2H3;1H,(H,2,3). The fraction of sp³-hybridized carbons (Fsp3) is 0.300. The van der Waals surface area contributed by atoms with Crippen LogP contribution in [-0.4, -0.2) is 49.2 Å². The first kappa shape index (κ1) is 31.6. The highest BCUT2D eigenvalue weighted by Gasteiger charge is 2.24. The number of nitrogens with zero attached hydrogens (tertiary/aromatic N) is 4. The highest BCUT2D eigenvalue weighted by atomic mass is 19.1. The highest BCUT2D eigenvalue weighted by molar-refractivity contribution is 5.95. The minimum atomic E-state index is -0.260. The Labute approximate surface area is 233 Å². The lowest BCUT2D eigenvalue weighted by Crippen LogP contribution is -2.36. The van der Waals surface area contributed by atoms with Crippen LogP contribution >= 0.6 is 0 Å². The molecule has 0 atom stereocenters. The summed E-state index contributed by atoms with van der Waals surface area (Å²) in [6.45, 7) is 11.0. The Balaban J connectivity index is 0.000000737. The van der Waals surface area contributed by atoms with Gasteiger partial charge in [0.15, 0.2) is 0 Å². The number of amides is 2. The van der Waals surface area contributed by atoms with E-state index in [1.165, 1.54) is 12.1 Å². The summed E-state index contributed by atoms with van der Waals surface area (Å²) in [6.07, 6.45) is 5.64. The van der Waals surface area contributed by atoms with E-state index in [1.807, 2.05) is 46.8 Å². The van der Waals surface area contributed by atoms with Crippen LogP contribution in [0.2, 0.25) is 0 Å². The summed E-state index contributed by atoms with van der Waals surface area (Å²) in [5, 5.41) is 9.77. The van der Waals surface area contributed by atoms with Gasteiger partial charge in [0.2, 0.25) is 0 Å². The van der Waals surface area contributed by atoms with Gasteiger partial charge in [-0.1, -0.05) is 39.8 Å². The van der Waals surface area contributed by atoms with E-state index in [1.54, 1.807) is 46.1 Å². The summed E-state index contributed by atoms with van der Waals surface area (Å²) in [5.74, 6) is -0.672. The van der Waals surface area contributed by atoms with Crippen molar-refractivity contribution in [2.24, 2.45) is 0 Å². The maximum Gasteiger partial charge on any atom is 0.290 e. The van der Waals surface area contributed by atoms with Crippen molar-refractivity contribution in [3.63, 3.8) is 0 Å². The summed E-state index contributed by atoms with van der Waals surface area (Å²) in [7, 11) is 0. The number of aryl methyl sites for hydroxylation is 1. The number of halogens is 1. The molecule has 1 aliphatic heterocycles. The number of hydrogen-bond acceptors (Lipinski definition) is 5. The van der Waals surface area contributed by atoms with Crippen molar-refractivity contribution in [3.8, 4) is 0 Å². The molecule has 3 aromatic heterocycles. The molecule has 212 valence electrons. The third kappa shape index (κ3) is 8.20. The Hall–Kier alpha value is -4.60. The Bertz CT molecular complexity index is 1420. The number of fused-ring (bicyclic) bond motifs is 2. The summed E-state index contributed by atoms with van der Waals surface area (Å²) in [5.41, 5.74) is 5.07. The van der Waals surface area contributed by atoms with Crippen LogP contribution in [0.3, 0.4) is 0 Å². The predicted octanol–water partition coefficient (Wildman–Crippen LogP) is 5.06. The molecule has 0 saturated carbocycles. The van der Waals surface area contributed by atoms with Crippen molar-refractivity contribution in [2.75, 3.05) is 6.54 Å². The zero-order valence-corrected chi connectivity index (χ0v) is 23.5. The van der Waals surface area contributed by atoms with E-state index in [9.17, 15) is 14.0 Å². The monoisotopic (exact) mass is 549 g/mol. The number of benzene rings is 1. The smallest absolute Gasteiger partial charge is 0.290 e. The van der Waals surface area contributed by atoms with Gasteiger partial charge in [-0.05, 0) is 60.4 Å². The van der Waals surface area contributed by atoms with Gasteiger partial charge in [0, 0.05) is 43.9 Å². The highest BCUT2D eigenvalue weighted by Crippen LogP contribution is 2.21. The number of pyridine rings is 2. The third-order valence-corrected chi connectivity index (χ3v) is 5.83. The van der Waals surface area contributed by atoms with Crippen molar-refractivity contribution < 1.29 is 23.9 Å². The van der Waals surface area contributed by atoms with E-state index in [-0.39, 0.29) is 24.1 Å². The van der Waals surface area contributed by atoms with Gasteiger partial charge >= 0.3 is 0 Å². The number of carboxylic acid groups (broad SMARTS) is 1. The van der Waals surface area contributed by atoms with E-state index < -0.39 is 0 Å². The van der Waals surface area contributed by atoms with E-state index in [4.69, 9.17) is 9.90 Å². The van der Waals surface area contributed by atoms with Crippen LogP contribution in [0.4, 0.5) is 4.39 Å². The SMILES string of the molecule is CC.CC.Cc1ccc(CNC(=O)c2ccc3nc(C(=O)N4CCc5cc(F)ccc5C4)cn3c2)cn1.O=CO. The van der Waals surface area contributed by atoms with Crippen molar-refractivity contribution in [1.82, 2.24) is 24.6 Å². The van der Waals surface area contributed by atoms with Crippen molar-refractivity contribution >= 4 is 23.9 Å². The fourth-order valence-corrected chi connectivity index (χ4v) is 3.97. The van der Waals surface area contributed by atoms with Gasteiger partial charge < -0.3 is 19.7 Å². The van der Waals surface area contributed by atoms with E-state index >= 15 is 0 Å². The molecule has 2 amide bonds. The molecular formula is C30H36FN5O4. The molecule has 1 aromatic carbocycles. The summed E-state index contributed by atoms with van der Waals surface area (Å²) < 4.78 is 15.1. The first-order valence-electron chi connectivity index (χ1n) is 13.2. The van der Waals surface area contributed by atoms with Crippen molar-refractivity contribution in [1.29, 1.82) is 0 Å². The molecule has 0 fully saturated rings. The topological polar surface area (TPSA) is 117 Å². The molecule has 5 rings (SSSR count). The maximum absolute atomic E-state index is 13.4. The number of nitrogens with one attached hydrogen (secondary N) is 1. The minimum Gasteiger partial charge on any atom is -0.483 e. The molecule has 0 aliphatic carbocycles. The predicted molar refractivity (Wildman–Crippen MR) is 152 cm³/mol. The minimum absolute atomic E-state index is 0.188. The Kier molecular flexibility index (Phi) is 12.4. The third-order valence-electron chi connectivity index (χ3n) is 5.83. The second-order valence-corrected chi connectivity index (χ2v) is 8.30. The first-order chi connectivity index (χ1) is 19.4. The van der Waals surface area contributed by atoms with Gasteiger partial charge in [-0.3, -0.25) is 19.4 Å². The first-order valence-corrected chi connectivity index (χ1v) is 13.2. The average Bonchev–Trinajstić information content (AvgIpc) is 3.42. The quantitative estimate of drug-likeness (QED) is 0.344. The number of carbonyl (C=O) groups is 3. The van der Waals surface area contributed by atoms with Crippen LogP contribution in [0.15, 0.2) is 61.1 Å². The molecule has 4 heterocycles. The second kappa shape index (κ2) is 15.7. The van der Waals surface area contributed by atoms with Gasteiger partial charge in [0.1, 0.15) is 17.2 Å². The number of carbonyl (C=O) groups excluding carboxylic acids is 2. The molecule has 0 unspecified atom stereocenters. The Morgan fingerprint density at radius 3 is 2.45 bits per heavy atom. The normalized spacial score (nSPS) is 11.4. The van der Waals surface area contributed by atoms with E-state index in [0.717, 1.165) is 22.4 Å². The van der Waals surface area contributed by atoms with Crippen molar-refractivity contribution in [2.45, 2.75) is 54.1 Å². The molecule has 4 aromatic rings. The van der Waals surface area contributed by atoms with Gasteiger partial charge in [-0.15, -0.1) is 0 Å². The molecule has 10 heteroatoms. The van der Waals surface area contributed by atoms with Crippen LogP contribution in [0.5, 0.6) is 0 Å². The fourth-order valence-electron chi connectivity index (χ4n) is 3.97.